The fourth-order valence-electron chi connectivity index (χ4n) is 1.09. The predicted octanol–water partition coefficient (Wildman–Crippen LogP) is 1.70. The largest absolute Gasteiger partial charge is 0.496 e. The predicted molar refractivity (Wildman–Crippen MR) is 44.7 cm³/mol. The van der Waals surface area contributed by atoms with Gasteiger partial charge in [0.25, 0.3) is 0 Å². The van der Waals surface area contributed by atoms with Gasteiger partial charge in [0.2, 0.25) is 0 Å². The number of carbonyl (C=O) groups is 1. The van der Waals surface area contributed by atoms with Crippen LogP contribution in [0.1, 0.15) is 15.9 Å². The molecule has 1 aromatic rings. The molecule has 0 atom stereocenters. The van der Waals surface area contributed by atoms with Crippen molar-refractivity contribution in [3.8, 4) is 5.75 Å². The third kappa shape index (κ3) is 2.48. The number of hydrogen-bond donors (Lipinski definition) is 1. The van der Waals surface area contributed by atoms with Gasteiger partial charge >= 0.3 is 5.97 Å². The molecule has 0 unspecified atom stereocenters. The average molecular weight is 218 g/mol. The van der Waals surface area contributed by atoms with Crippen molar-refractivity contribution in [1.29, 1.82) is 0 Å². The van der Waals surface area contributed by atoms with Crippen LogP contribution in [-0.2, 0) is 17.4 Å². The summed E-state index contributed by atoms with van der Waals surface area (Å²) in [6, 6.07) is 5.03. The van der Waals surface area contributed by atoms with Crippen molar-refractivity contribution < 1.29 is 32.0 Å². The summed E-state index contributed by atoms with van der Waals surface area (Å²) in [5, 5.41) is 8.74. The number of aromatic carboxylic acids is 1. The molecule has 70 valence electrons. The van der Waals surface area contributed by atoms with Gasteiger partial charge in [-0.1, -0.05) is 12.1 Å². The molecule has 0 fully saturated rings. The molecular formula is C9H10CrO3. The molecule has 1 rings (SSSR count). The van der Waals surface area contributed by atoms with Crippen molar-refractivity contribution in [2.45, 2.75) is 6.92 Å². The molecule has 1 aromatic carbocycles. The number of rotatable bonds is 2. The molecule has 0 bridgehead atoms. The fraction of sp³-hybridized carbons (Fsp3) is 0.222. The first-order chi connectivity index (χ1) is 5.66. The van der Waals surface area contributed by atoms with Crippen LogP contribution in [0.4, 0.5) is 0 Å². The SMILES string of the molecule is COc1c(C)cccc1C(=O)O.[Cr]. The molecule has 0 heterocycles. The van der Waals surface area contributed by atoms with E-state index in [1.807, 2.05) is 13.0 Å². The Morgan fingerprint density at radius 1 is 1.46 bits per heavy atom. The minimum absolute atomic E-state index is 0. The van der Waals surface area contributed by atoms with E-state index in [4.69, 9.17) is 9.84 Å². The summed E-state index contributed by atoms with van der Waals surface area (Å²) in [6.07, 6.45) is 0. The van der Waals surface area contributed by atoms with Crippen LogP contribution in [-0.4, -0.2) is 18.2 Å². The normalized spacial score (nSPS) is 8.77. The first-order valence-electron chi connectivity index (χ1n) is 3.53. The second kappa shape index (κ2) is 4.91. The van der Waals surface area contributed by atoms with Gasteiger partial charge in [-0.15, -0.1) is 0 Å². The van der Waals surface area contributed by atoms with Crippen molar-refractivity contribution in [1.82, 2.24) is 0 Å². The molecule has 1 N–H and O–H groups in total. The summed E-state index contributed by atoms with van der Waals surface area (Å²) < 4.78 is 4.96. The minimum Gasteiger partial charge on any atom is -0.496 e. The van der Waals surface area contributed by atoms with E-state index in [1.54, 1.807) is 6.07 Å². The Balaban J connectivity index is 0.00000144. The molecule has 0 saturated carbocycles. The van der Waals surface area contributed by atoms with E-state index in [2.05, 4.69) is 0 Å². The van der Waals surface area contributed by atoms with Crippen LogP contribution in [0.2, 0.25) is 0 Å². The summed E-state index contributed by atoms with van der Waals surface area (Å²) in [4.78, 5) is 10.7. The van der Waals surface area contributed by atoms with Crippen LogP contribution < -0.4 is 4.74 Å². The number of carboxylic acids is 1. The van der Waals surface area contributed by atoms with Gasteiger partial charge < -0.3 is 9.84 Å². The van der Waals surface area contributed by atoms with E-state index in [1.165, 1.54) is 13.2 Å². The van der Waals surface area contributed by atoms with E-state index >= 15 is 0 Å². The smallest absolute Gasteiger partial charge is 0.339 e. The first kappa shape index (κ1) is 12.0. The van der Waals surface area contributed by atoms with Crippen LogP contribution in [0.5, 0.6) is 5.75 Å². The molecule has 0 aliphatic rings. The number of aryl methyl sites for hydroxylation is 1. The number of ether oxygens (including phenoxy) is 1. The van der Waals surface area contributed by atoms with E-state index < -0.39 is 5.97 Å². The standard InChI is InChI=1S/C9H10O3.Cr/c1-6-4-3-5-7(9(10)11)8(6)12-2;/h3-5H,1-2H3,(H,10,11);. The zero-order valence-electron chi connectivity index (χ0n) is 7.40. The van der Waals surface area contributed by atoms with E-state index in [0.29, 0.717) is 5.75 Å². The second-order valence-corrected chi connectivity index (χ2v) is 2.46. The summed E-state index contributed by atoms with van der Waals surface area (Å²) >= 11 is 0. The quantitative estimate of drug-likeness (QED) is 0.821. The molecule has 0 aromatic heterocycles. The summed E-state index contributed by atoms with van der Waals surface area (Å²) in [6.45, 7) is 1.81. The van der Waals surface area contributed by atoms with Crippen molar-refractivity contribution in [3.05, 3.63) is 29.3 Å². The Labute approximate surface area is 87.5 Å². The molecule has 0 amide bonds. The number of hydrogen-bond acceptors (Lipinski definition) is 2. The molecule has 13 heavy (non-hydrogen) atoms. The van der Waals surface area contributed by atoms with Crippen molar-refractivity contribution >= 4 is 5.97 Å². The maximum atomic E-state index is 10.7. The Morgan fingerprint density at radius 2 is 2.08 bits per heavy atom. The third-order valence-corrected chi connectivity index (χ3v) is 1.65. The van der Waals surface area contributed by atoms with E-state index in [0.717, 1.165) is 5.56 Å². The average Bonchev–Trinajstić information content (AvgIpc) is 2.03. The summed E-state index contributed by atoms with van der Waals surface area (Å²) in [5.74, 6) is -0.527. The second-order valence-electron chi connectivity index (χ2n) is 2.46. The van der Waals surface area contributed by atoms with Gasteiger partial charge in [0.1, 0.15) is 11.3 Å². The summed E-state index contributed by atoms with van der Waals surface area (Å²) in [5.41, 5.74) is 1.04. The maximum absolute atomic E-state index is 10.7. The van der Waals surface area contributed by atoms with Gasteiger partial charge in [0, 0.05) is 17.4 Å². The zero-order chi connectivity index (χ0) is 9.14. The molecule has 3 nitrogen and oxygen atoms in total. The monoisotopic (exact) mass is 218 g/mol. The number of benzene rings is 1. The first-order valence-corrected chi connectivity index (χ1v) is 3.53. The number of methoxy groups -OCH3 is 1. The van der Waals surface area contributed by atoms with E-state index in [-0.39, 0.29) is 22.9 Å². The number of para-hydroxylation sites is 1. The molecular weight excluding hydrogens is 208 g/mol. The molecule has 0 spiro atoms. The minimum atomic E-state index is -0.962. The molecule has 0 saturated heterocycles. The van der Waals surface area contributed by atoms with Gasteiger partial charge in [-0.05, 0) is 18.6 Å². The van der Waals surface area contributed by atoms with Crippen molar-refractivity contribution in [3.63, 3.8) is 0 Å². The summed E-state index contributed by atoms with van der Waals surface area (Å²) in [7, 11) is 1.47. The molecule has 0 radical (unpaired) electrons. The van der Waals surface area contributed by atoms with Gasteiger partial charge in [-0.2, -0.15) is 0 Å². The number of carboxylic acid groups (broad SMARTS) is 1. The molecule has 4 heteroatoms. The van der Waals surface area contributed by atoms with Gasteiger partial charge in [-0.3, -0.25) is 0 Å². The Morgan fingerprint density at radius 3 is 2.46 bits per heavy atom. The van der Waals surface area contributed by atoms with Gasteiger partial charge in [0.05, 0.1) is 7.11 Å². The van der Waals surface area contributed by atoms with Crippen LogP contribution in [0.25, 0.3) is 0 Å². The van der Waals surface area contributed by atoms with Gasteiger partial charge in [0.15, 0.2) is 0 Å². The maximum Gasteiger partial charge on any atom is 0.339 e. The topological polar surface area (TPSA) is 46.5 Å². The Hall–Kier alpha value is -0.978. The van der Waals surface area contributed by atoms with Crippen LogP contribution in [0, 0.1) is 6.92 Å². The van der Waals surface area contributed by atoms with Crippen molar-refractivity contribution in [2.75, 3.05) is 7.11 Å². The van der Waals surface area contributed by atoms with Crippen LogP contribution >= 0.6 is 0 Å². The van der Waals surface area contributed by atoms with E-state index in [9.17, 15) is 4.79 Å². The van der Waals surface area contributed by atoms with Crippen molar-refractivity contribution in [2.24, 2.45) is 0 Å². The Kier molecular flexibility index (Phi) is 4.54. The fourth-order valence-corrected chi connectivity index (χ4v) is 1.09. The molecule has 0 aliphatic heterocycles. The Bertz CT molecular complexity index is 310. The zero-order valence-corrected chi connectivity index (χ0v) is 8.68. The van der Waals surface area contributed by atoms with Crippen LogP contribution in [0.3, 0.4) is 0 Å². The van der Waals surface area contributed by atoms with Gasteiger partial charge in [-0.25, -0.2) is 4.79 Å². The van der Waals surface area contributed by atoms with Crippen LogP contribution in [0.15, 0.2) is 18.2 Å². The third-order valence-electron chi connectivity index (χ3n) is 1.65. The molecule has 0 aliphatic carbocycles.